The Morgan fingerprint density at radius 3 is 2.79 bits per heavy atom. The maximum atomic E-state index is 13.0. The third-order valence-electron chi connectivity index (χ3n) is 5.26. The number of pyridine rings is 1. The van der Waals surface area contributed by atoms with Crippen LogP contribution in [-0.2, 0) is 12.7 Å². The third-order valence-corrected chi connectivity index (χ3v) is 6.64. The molecule has 1 aliphatic rings. The number of hydrogen-bond donors (Lipinski definition) is 3. The minimum atomic E-state index is -4.49. The molecule has 4 rings (SSSR count). The summed E-state index contributed by atoms with van der Waals surface area (Å²) in [5, 5.41) is 22.9. The van der Waals surface area contributed by atoms with Crippen molar-refractivity contribution in [3.8, 4) is 11.8 Å². The van der Waals surface area contributed by atoms with Gasteiger partial charge in [0.15, 0.2) is 17.0 Å². The SMILES string of the molecule is CCCCC#Cc1nc(NCc2cncc(C(F)(F)F)c2)c2ncn([C@@H]3SC[C@@H](O)[C@H]3O)c2n1. The molecule has 3 N–H and O–H groups in total. The van der Waals surface area contributed by atoms with E-state index in [4.69, 9.17) is 0 Å². The van der Waals surface area contributed by atoms with E-state index in [2.05, 4.69) is 44.0 Å². The van der Waals surface area contributed by atoms with E-state index in [0.717, 1.165) is 25.1 Å². The monoisotopic (exact) mass is 492 g/mol. The average Bonchev–Trinajstić information content (AvgIpc) is 3.37. The van der Waals surface area contributed by atoms with Gasteiger partial charge in [-0.15, -0.1) is 11.8 Å². The van der Waals surface area contributed by atoms with Gasteiger partial charge in [0.2, 0.25) is 5.82 Å². The smallest absolute Gasteiger partial charge is 0.389 e. The number of aliphatic hydroxyl groups is 2. The lowest BCUT2D eigenvalue weighted by Gasteiger charge is -2.17. The molecule has 3 atom stereocenters. The number of aliphatic hydroxyl groups excluding tert-OH is 2. The minimum absolute atomic E-state index is 0.0259. The topological polar surface area (TPSA) is 109 Å². The number of imidazole rings is 1. The molecule has 1 aliphatic heterocycles. The second-order valence-corrected chi connectivity index (χ2v) is 8.99. The van der Waals surface area contributed by atoms with E-state index in [0.29, 0.717) is 34.7 Å². The predicted molar refractivity (Wildman–Crippen MR) is 122 cm³/mol. The molecule has 0 radical (unpaired) electrons. The first-order valence-electron chi connectivity index (χ1n) is 10.7. The number of nitrogens with one attached hydrogen (secondary N) is 1. The lowest BCUT2D eigenvalue weighted by molar-refractivity contribution is -0.137. The molecule has 0 aromatic carbocycles. The number of thioether (sulfide) groups is 1. The Kier molecular flexibility index (Phi) is 7.25. The van der Waals surface area contributed by atoms with Crippen molar-refractivity contribution in [2.24, 2.45) is 0 Å². The lowest BCUT2D eigenvalue weighted by Crippen LogP contribution is -2.27. The Labute approximate surface area is 198 Å². The van der Waals surface area contributed by atoms with Crippen molar-refractivity contribution < 1.29 is 23.4 Å². The van der Waals surface area contributed by atoms with Gasteiger partial charge in [0.05, 0.1) is 18.0 Å². The van der Waals surface area contributed by atoms with Gasteiger partial charge in [0.1, 0.15) is 11.5 Å². The maximum absolute atomic E-state index is 13.0. The van der Waals surface area contributed by atoms with E-state index in [9.17, 15) is 23.4 Å². The fourth-order valence-electron chi connectivity index (χ4n) is 3.44. The highest BCUT2D eigenvalue weighted by Gasteiger charge is 2.36. The summed E-state index contributed by atoms with van der Waals surface area (Å²) in [6.07, 6.45) is -0.118. The average molecular weight is 493 g/mol. The van der Waals surface area contributed by atoms with Crippen LogP contribution >= 0.6 is 11.8 Å². The number of unbranched alkanes of at least 4 members (excludes halogenated alkanes) is 2. The summed E-state index contributed by atoms with van der Waals surface area (Å²) in [6.45, 7) is 2.09. The predicted octanol–water partition coefficient (Wildman–Crippen LogP) is 3.36. The Bertz CT molecular complexity index is 1220. The van der Waals surface area contributed by atoms with Crippen molar-refractivity contribution in [3.63, 3.8) is 0 Å². The van der Waals surface area contributed by atoms with Gasteiger partial charge in [-0.25, -0.2) is 15.0 Å². The van der Waals surface area contributed by atoms with Gasteiger partial charge >= 0.3 is 6.18 Å². The molecule has 0 saturated carbocycles. The van der Waals surface area contributed by atoms with Crippen molar-refractivity contribution in [2.45, 2.75) is 56.5 Å². The summed E-state index contributed by atoms with van der Waals surface area (Å²) in [4.78, 5) is 17.0. The fraction of sp³-hybridized carbons (Fsp3) is 0.455. The second-order valence-electron chi connectivity index (χ2n) is 7.84. The molecule has 180 valence electrons. The van der Waals surface area contributed by atoms with Gasteiger partial charge in [-0.3, -0.25) is 9.55 Å². The lowest BCUT2D eigenvalue weighted by atomic mass is 10.2. The van der Waals surface area contributed by atoms with Crippen LogP contribution in [-0.4, -0.2) is 52.7 Å². The van der Waals surface area contributed by atoms with Crippen LogP contribution in [0.5, 0.6) is 0 Å². The molecule has 0 unspecified atom stereocenters. The van der Waals surface area contributed by atoms with E-state index >= 15 is 0 Å². The van der Waals surface area contributed by atoms with Crippen molar-refractivity contribution in [1.29, 1.82) is 0 Å². The van der Waals surface area contributed by atoms with Crippen molar-refractivity contribution in [1.82, 2.24) is 24.5 Å². The maximum Gasteiger partial charge on any atom is 0.417 e. The molecule has 4 heterocycles. The standard InChI is InChI=1S/C22H23F3N6O2S/c1-2-3-4-5-6-16-29-19(27-9-13-7-14(10-26-8-13)22(23,24)25)17-20(30-16)31(12-28-17)21-18(33)15(32)11-34-21/h7-8,10,12,15,18,21,32-33H,2-4,9,11H2,1H3,(H,27,29,30)/t15-,18-,21-/m1/s1. The fourth-order valence-corrected chi connectivity index (χ4v) is 4.73. The van der Waals surface area contributed by atoms with Crippen LogP contribution in [0.15, 0.2) is 24.8 Å². The summed E-state index contributed by atoms with van der Waals surface area (Å²) >= 11 is 1.37. The van der Waals surface area contributed by atoms with E-state index in [1.165, 1.54) is 24.3 Å². The van der Waals surface area contributed by atoms with Gasteiger partial charge in [-0.1, -0.05) is 19.3 Å². The molecule has 1 saturated heterocycles. The first-order chi connectivity index (χ1) is 16.3. The number of anilines is 1. The molecule has 1 fully saturated rings. The number of halogens is 3. The van der Waals surface area contributed by atoms with Crippen molar-refractivity contribution >= 4 is 28.7 Å². The molecule has 3 aromatic heterocycles. The molecule has 3 aromatic rings. The van der Waals surface area contributed by atoms with Crippen LogP contribution in [0, 0.1) is 11.8 Å². The largest absolute Gasteiger partial charge is 0.417 e. The molecule has 0 spiro atoms. The van der Waals surface area contributed by atoms with E-state index in [-0.39, 0.29) is 12.4 Å². The Morgan fingerprint density at radius 1 is 1.26 bits per heavy atom. The molecule has 12 heteroatoms. The quantitative estimate of drug-likeness (QED) is 0.355. The number of fused-ring (bicyclic) bond motifs is 1. The Balaban J connectivity index is 1.68. The van der Waals surface area contributed by atoms with E-state index < -0.39 is 29.3 Å². The number of rotatable bonds is 6. The van der Waals surface area contributed by atoms with Gasteiger partial charge < -0.3 is 15.5 Å². The highest BCUT2D eigenvalue weighted by Crippen LogP contribution is 2.38. The highest BCUT2D eigenvalue weighted by molar-refractivity contribution is 7.99. The van der Waals surface area contributed by atoms with Crippen LogP contribution in [0.1, 0.15) is 48.5 Å². The van der Waals surface area contributed by atoms with Gasteiger partial charge in [0, 0.05) is 31.1 Å². The molecule has 0 aliphatic carbocycles. The minimum Gasteiger partial charge on any atom is -0.389 e. The summed E-state index contributed by atoms with van der Waals surface area (Å²) in [7, 11) is 0. The number of hydrogen-bond acceptors (Lipinski definition) is 8. The number of aromatic nitrogens is 5. The molecular weight excluding hydrogens is 469 g/mol. The van der Waals surface area contributed by atoms with Crippen LogP contribution in [0.25, 0.3) is 11.2 Å². The molecular formula is C22H23F3N6O2S. The normalized spacial score (nSPS) is 20.4. The van der Waals surface area contributed by atoms with E-state index in [1.807, 2.05) is 0 Å². The van der Waals surface area contributed by atoms with Crippen LogP contribution in [0.2, 0.25) is 0 Å². The molecule has 0 bridgehead atoms. The van der Waals surface area contributed by atoms with Gasteiger partial charge in [-0.05, 0) is 24.0 Å². The zero-order chi connectivity index (χ0) is 24.3. The van der Waals surface area contributed by atoms with Crippen molar-refractivity contribution in [2.75, 3.05) is 11.1 Å². The summed E-state index contributed by atoms with van der Waals surface area (Å²) < 4.78 is 40.7. The van der Waals surface area contributed by atoms with Crippen LogP contribution in [0.3, 0.4) is 0 Å². The molecule has 0 amide bonds. The Morgan fingerprint density at radius 2 is 2.09 bits per heavy atom. The second kappa shape index (κ2) is 10.2. The molecule has 34 heavy (non-hydrogen) atoms. The van der Waals surface area contributed by atoms with E-state index in [1.54, 1.807) is 4.57 Å². The number of alkyl halides is 3. The van der Waals surface area contributed by atoms with Crippen LogP contribution < -0.4 is 5.32 Å². The summed E-state index contributed by atoms with van der Waals surface area (Å²) in [5.74, 6) is 6.86. The third kappa shape index (κ3) is 5.27. The zero-order valence-electron chi connectivity index (χ0n) is 18.2. The summed E-state index contributed by atoms with van der Waals surface area (Å²) in [5.41, 5.74) is 0.275. The highest BCUT2D eigenvalue weighted by atomic mass is 32.2. The Hall–Kier alpha value is -2.88. The van der Waals surface area contributed by atoms with Gasteiger partial charge in [-0.2, -0.15) is 13.2 Å². The van der Waals surface area contributed by atoms with Crippen molar-refractivity contribution in [3.05, 3.63) is 41.7 Å². The van der Waals surface area contributed by atoms with Gasteiger partial charge in [0.25, 0.3) is 0 Å². The van der Waals surface area contributed by atoms with Crippen LogP contribution in [0.4, 0.5) is 19.0 Å². The zero-order valence-corrected chi connectivity index (χ0v) is 19.1. The first-order valence-corrected chi connectivity index (χ1v) is 11.8. The number of nitrogens with zero attached hydrogens (tertiary/aromatic N) is 5. The summed E-state index contributed by atoms with van der Waals surface area (Å²) in [6, 6.07) is 1.02. The first kappa shape index (κ1) is 24.3. The molecule has 8 nitrogen and oxygen atoms in total.